The number of rotatable bonds is 5. The summed E-state index contributed by atoms with van der Waals surface area (Å²) in [5.74, 6) is 2.80. The number of likely N-dealkylation sites (tertiary alicyclic amines) is 1. The summed E-state index contributed by atoms with van der Waals surface area (Å²) in [5, 5.41) is 14.2. The first kappa shape index (κ1) is 22.0. The van der Waals surface area contributed by atoms with Crippen LogP contribution < -0.4 is 0 Å². The van der Waals surface area contributed by atoms with Crippen LogP contribution in [0.3, 0.4) is 0 Å². The van der Waals surface area contributed by atoms with Crippen molar-refractivity contribution in [2.75, 3.05) is 13.1 Å². The van der Waals surface area contributed by atoms with Crippen LogP contribution in [-0.2, 0) is 13.6 Å². The van der Waals surface area contributed by atoms with Crippen molar-refractivity contribution in [1.82, 2.24) is 39.2 Å². The number of nitrogens with one attached hydrogen (secondary N) is 1. The fraction of sp³-hybridized carbons (Fsp3) is 0.407. The number of piperidine rings is 1. The topological polar surface area (TPSA) is 79.9 Å². The maximum Gasteiger partial charge on any atom is 0.164 e. The Labute approximate surface area is 205 Å². The van der Waals surface area contributed by atoms with Gasteiger partial charge in [0.2, 0.25) is 0 Å². The maximum atomic E-state index is 4.44. The summed E-state index contributed by atoms with van der Waals surface area (Å²) in [6, 6.07) is 11.2. The minimum atomic E-state index is 0.402. The minimum absolute atomic E-state index is 0.402. The Kier molecular flexibility index (Phi) is 5.40. The predicted molar refractivity (Wildman–Crippen MR) is 137 cm³/mol. The molecule has 0 spiro atoms. The van der Waals surface area contributed by atoms with E-state index in [1.165, 1.54) is 33.3 Å². The summed E-state index contributed by atoms with van der Waals surface area (Å²) in [6.07, 6.45) is 6.25. The van der Waals surface area contributed by atoms with Gasteiger partial charge in [-0.25, -0.2) is 4.98 Å². The van der Waals surface area contributed by atoms with E-state index in [1.54, 1.807) is 11.0 Å². The number of nitrogens with zero attached hydrogens (tertiary/aromatic N) is 7. The zero-order valence-corrected chi connectivity index (χ0v) is 20.9. The predicted octanol–water partition coefficient (Wildman–Crippen LogP) is 4.82. The molecule has 4 aromatic heterocycles. The highest BCUT2D eigenvalue weighted by Crippen LogP contribution is 2.38. The lowest BCUT2D eigenvalue weighted by Gasteiger charge is -2.31. The van der Waals surface area contributed by atoms with E-state index in [1.807, 2.05) is 20.0 Å². The lowest BCUT2D eigenvalue weighted by Crippen LogP contribution is -2.32. The quantitative estimate of drug-likeness (QED) is 0.400. The van der Waals surface area contributed by atoms with Crippen molar-refractivity contribution in [3.63, 3.8) is 0 Å². The fourth-order valence-corrected chi connectivity index (χ4v) is 5.55. The first-order chi connectivity index (χ1) is 17.0. The summed E-state index contributed by atoms with van der Waals surface area (Å²) < 4.78 is 3.84. The van der Waals surface area contributed by atoms with Crippen molar-refractivity contribution < 1.29 is 0 Å². The van der Waals surface area contributed by atoms with Crippen molar-refractivity contribution >= 4 is 16.6 Å². The molecule has 35 heavy (non-hydrogen) atoms. The first-order valence-electron chi connectivity index (χ1n) is 12.5. The molecule has 0 aliphatic carbocycles. The molecule has 8 nitrogen and oxygen atoms in total. The second-order valence-corrected chi connectivity index (χ2v) is 10.2. The summed E-state index contributed by atoms with van der Waals surface area (Å²) >= 11 is 0. The highest BCUT2D eigenvalue weighted by atomic mass is 15.3. The number of hydrogen-bond acceptors (Lipinski definition) is 5. The van der Waals surface area contributed by atoms with Crippen molar-refractivity contribution in [1.29, 1.82) is 0 Å². The van der Waals surface area contributed by atoms with Crippen molar-refractivity contribution in [3.05, 3.63) is 65.6 Å². The van der Waals surface area contributed by atoms with Crippen LogP contribution in [0.25, 0.3) is 27.8 Å². The number of hydrogen-bond donors (Lipinski definition) is 1. The van der Waals surface area contributed by atoms with E-state index in [9.17, 15) is 0 Å². The van der Waals surface area contributed by atoms with E-state index in [-0.39, 0.29) is 0 Å². The molecule has 8 heteroatoms. The van der Waals surface area contributed by atoms with Crippen LogP contribution in [0.2, 0.25) is 0 Å². The Bertz CT molecular complexity index is 1500. The zero-order valence-electron chi connectivity index (χ0n) is 20.9. The number of fused-ring (bicyclic) bond motifs is 2. The van der Waals surface area contributed by atoms with Crippen LogP contribution in [0, 0.1) is 6.92 Å². The number of H-pyrrole nitrogens is 1. The van der Waals surface area contributed by atoms with E-state index in [0.717, 1.165) is 49.8 Å². The summed E-state index contributed by atoms with van der Waals surface area (Å²) in [5.41, 5.74) is 7.27. The van der Waals surface area contributed by atoms with Crippen molar-refractivity contribution in [2.45, 2.75) is 52.0 Å². The standard InChI is InChI=1S/C27H32N8/c1-17(2)26-22-13-20(19-9-11-34(12-10-19)15-24-28-16-33(4)32-24)5-7-23(22)29-27(26)21-6-8-25-31-30-18(3)35(25)14-21/h5-8,13-14,16-17,19,29H,9-12,15H2,1-4H3. The third-order valence-corrected chi connectivity index (χ3v) is 7.37. The van der Waals surface area contributed by atoms with Gasteiger partial charge >= 0.3 is 0 Å². The first-order valence-corrected chi connectivity index (χ1v) is 12.5. The van der Waals surface area contributed by atoms with Gasteiger partial charge in [-0.15, -0.1) is 10.2 Å². The monoisotopic (exact) mass is 468 g/mol. The molecule has 1 aliphatic rings. The third kappa shape index (κ3) is 4.01. The van der Waals surface area contributed by atoms with Crippen LogP contribution in [0.5, 0.6) is 0 Å². The second kappa shape index (κ2) is 8.61. The van der Waals surface area contributed by atoms with Crippen LogP contribution in [0.15, 0.2) is 42.9 Å². The van der Waals surface area contributed by atoms with E-state index in [4.69, 9.17) is 0 Å². The molecule has 1 aromatic carbocycles. The largest absolute Gasteiger partial charge is 0.354 e. The molecule has 180 valence electrons. The molecule has 6 rings (SSSR count). The average molecular weight is 469 g/mol. The number of aryl methyl sites for hydroxylation is 2. The molecule has 0 bridgehead atoms. The molecule has 1 aliphatic heterocycles. The van der Waals surface area contributed by atoms with Gasteiger partial charge in [0.1, 0.15) is 12.2 Å². The molecule has 0 saturated carbocycles. The number of pyridine rings is 1. The Balaban J connectivity index is 1.29. The SMILES string of the molecule is Cc1nnc2ccc(-c3[nH]c4ccc(C5CCN(Cc6ncn(C)n6)CC5)cc4c3C(C)C)cn12. The van der Waals surface area contributed by atoms with Crippen LogP contribution in [0.1, 0.15) is 61.3 Å². The van der Waals surface area contributed by atoms with Gasteiger partial charge in [-0.3, -0.25) is 14.0 Å². The molecule has 1 saturated heterocycles. The third-order valence-electron chi connectivity index (χ3n) is 7.37. The average Bonchev–Trinajstić information content (AvgIpc) is 3.55. The number of aromatic nitrogens is 7. The van der Waals surface area contributed by atoms with Gasteiger partial charge in [0.15, 0.2) is 11.5 Å². The Morgan fingerprint density at radius 3 is 2.66 bits per heavy atom. The number of benzene rings is 1. The van der Waals surface area contributed by atoms with Gasteiger partial charge in [0.25, 0.3) is 0 Å². The molecule has 0 radical (unpaired) electrons. The molecule has 0 unspecified atom stereocenters. The van der Waals surface area contributed by atoms with Crippen LogP contribution in [-0.4, -0.2) is 52.3 Å². The van der Waals surface area contributed by atoms with Gasteiger partial charge in [-0.1, -0.05) is 19.9 Å². The Morgan fingerprint density at radius 2 is 1.91 bits per heavy atom. The van der Waals surface area contributed by atoms with Gasteiger partial charge < -0.3 is 4.98 Å². The van der Waals surface area contributed by atoms with Gasteiger partial charge in [-0.05, 0) is 80.1 Å². The van der Waals surface area contributed by atoms with E-state index in [0.29, 0.717) is 11.8 Å². The van der Waals surface area contributed by atoms with Gasteiger partial charge in [-0.2, -0.15) is 5.10 Å². The lowest BCUT2D eigenvalue weighted by atomic mass is 9.87. The highest BCUT2D eigenvalue weighted by Gasteiger charge is 2.23. The molecule has 5 heterocycles. The molecular formula is C27H32N8. The summed E-state index contributed by atoms with van der Waals surface area (Å²) in [4.78, 5) is 10.6. The van der Waals surface area contributed by atoms with E-state index in [2.05, 4.69) is 78.9 Å². The fourth-order valence-electron chi connectivity index (χ4n) is 5.55. The second-order valence-electron chi connectivity index (χ2n) is 10.2. The lowest BCUT2D eigenvalue weighted by molar-refractivity contribution is 0.200. The summed E-state index contributed by atoms with van der Waals surface area (Å²) in [6.45, 7) is 9.55. The Hall–Kier alpha value is -3.52. The smallest absolute Gasteiger partial charge is 0.164 e. The Morgan fingerprint density at radius 1 is 1.09 bits per heavy atom. The maximum absolute atomic E-state index is 4.44. The molecule has 5 aromatic rings. The van der Waals surface area contributed by atoms with Crippen molar-refractivity contribution in [3.8, 4) is 11.3 Å². The minimum Gasteiger partial charge on any atom is -0.354 e. The molecular weight excluding hydrogens is 436 g/mol. The van der Waals surface area contributed by atoms with Crippen molar-refractivity contribution in [2.24, 2.45) is 7.05 Å². The van der Waals surface area contributed by atoms with Gasteiger partial charge in [0.05, 0.1) is 12.2 Å². The van der Waals surface area contributed by atoms with E-state index >= 15 is 0 Å². The molecule has 0 amide bonds. The van der Waals surface area contributed by atoms with Crippen LogP contribution >= 0.6 is 0 Å². The zero-order chi connectivity index (χ0) is 24.1. The van der Waals surface area contributed by atoms with Gasteiger partial charge in [0, 0.05) is 29.7 Å². The highest BCUT2D eigenvalue weighted by molar-refractivity contribution is 5.92. The number of aromatic amines is 1. The van der Waals surface area contributed by atoms with E-state index < -0.39 is 0 Å². The molecule has 1 fully saturated rings. The van der Waals surface area contributed by atoms with Crippen LogP contribution in [0.4, 0.5) is 0 Å². The molecule has 1 N–H and O–H groups in total. The molecule has 0 atom stereocenters. The normalized spacial score (nSPS) is 15.7. The summed E-state index contributed by atoms with van der Waals surface area (Å²) in [7, 11) is 1.92.